The molecule has 0 amide bonds. The van der Waals surface area contributed by atoms with Crippen molar-refractivity contribution >= 4 is 22.6 Å². The molecular weight excluding hydrogens is 313 g/mol. The molecule has 0 spiro atoms. The lowest BCUT2D eigenvalue weighted by atomic mass is 10.1. The number of rotatable bonds is 4. The summed E-state index contributed by atoms with van der Waals surface area (Å²) >= 11 is 2.32. The summed E-state index contributed by atoms with van der Waals surface area (Å²) in [5.74, 6) is 0. The third-order valence-corrected chi connectivity index (χ3v) is 3.24. The Balaban J connectivity index is 1.93. The number of aromatic amines is 1. The largest absolute Gasteiger partial charge is 0.347 e. The van der Waals surface area contributed by atoms with E-state index < -0.39 is 0 Å². The Hall–Kier alpha value is -0.880. The fourth-order valence-corrected chi connectivity index (χ4v) is 1.87. The smallest absolute Gasteiger partial charge is 0.0922 e. The molecule has 1 unspecified atom stereocenters. The molecule has 16 heavy (non-hydrogen) atoms. The van der Waals surface area contributed by atoms with Crippen molar-refractivity contribution in [1.29, 1.82) is 0 Å². The Morgan fingerprint density at radius 2 is 2.12 bits per heavy atom. The molecule has 0 radical (unpaired) electrons. The van der Waals surface area contributed by atoms with Crippen molar-refractivity contribution in [3.05, 3.63) is 51.6 Å². The summed E-state index contributed by atoms with van der Waals surface area (Å²) in [5, 5.41) is 3.45. The van der Waals surface area contributed by atoms with Crippen LogP contribution in [0.15, 0.2) is 36.8 Å². The van der Waals surface area contributed by atoms with Crippen LogP contribution in [-0.4, -0.2) is 9.97 Å². The van der Waals surface area contributed by atoms with Gasteiger partial charge in [-0.05, 0) is 47.2 Å². The van der Waals surface area contributed by atoms with E-state index in [1.165, 1.54) is 9.13 Å². The zero-order chi connectivity index (χ0) is 11.4. The van der Waals surface area contributed by atoms with Crippen molar-refractivity contribution in [3.63, 3.8) is 0 Å². The van der Waals surface area contributed by atoms with Crippen molar-refractivity contribution in [2.24, 2.45) is 0 Å². The van der Waals surface area contributed by atoms with Gasteiger partial charge in [-0.15, -0.1) is 0 Å². The molecule has 1 atom stereocenters. The van der Waals surface area contributed by atoms with Gasteiger partial charge in [0.25, 0.3) is 0 Å². The molecule has 0 aliphatic rings. The van der Waals surface area contributed by atoms with Gasteiger partial charge in [0.05, 0.1) is 6.33 Å². The summed E-state index contributed by atoms with van der Waals surface area (Å²) in [4.78, 5) is 7.07. The van der Waals surface area contributed by atoms with E-state index in [2.05, 4.69) is 69.1 Å². The molecule has 0 saturated heterocycles. The number of nitrogens with zero attached hydrogens (tertiary/aromatic N) is 1. The zero-order valence-electron chi connectivity index (χ0n) is 9.07. The van der Waals surface area contributed by atoms with E-state index in [0.717, 1.165) is 12.2 Å². The van der Waals surface area contributed by atoms with Crippen molar-refractivity contribution < 1.29 is 0 Å². The Morgan fingerprint density at radius 3 is 2.75 bits per heavy atom. The molecule has 0 fully saturated rings. The first-order valence-corrected chi connectivity index (χ1v) is 6.29. The summed E-state index contributed by atoms with van der Waals surface area (Å²) in [7, 11) is 0. The fourth-order valence-electron chi connectivity index (χ4n) is 1.51. The molecule has 0 saturated carbocycles. The van der Waals surface area contributed by atoms with E-state index in [4.69, 9.17) is 0 Å². The van der Waals surface area contributed by atoms with Gasteiger partial charge in [0.15, 0.2) is 0 Å². The van der Waals surface area contributed by atoms with Crippen LogP contribution in [0.3, 0.4) is 0 Å². The number of nitrogens with one attached hydrogen (secondary N) is 2. The van der Waals surface area contributed by atoms with Gasteiger partial charge in [-0.2, -0.15) is 0 Å². The van der Waals surface area contributed by atoms with E-state index >= 15 is 0 Å². The lowest BCUT2D eigenvalue weighted by Gasteiger charge is -2.13. The highest BCUT2D eigenvalue weighted by molar-refractivity contribution is 14.1. The quantitative estimate of drug-likeness (QED) is 0.848. The van der Waals surface area contributed by atoms with E-state index in [-0.39, 0.29) is 0 Å². The van der Waals surface area contributed by atoms with Crippen LogP contribution in [0.2, 0.25) is 0 Å². The highest BCUT2D eigenvalue weighted by Crippen LogP contribution is 2.14. The summed E-state index contributed by atoms with van der Waals surface area (Å²) in [6, 6.07) is 8.92. The van der Waals surface area contributed by atoms with Crippen molar-refractivity contribution in [3.8, 4) is 0 Å². The average molecular weight is 327 g/mol. The maximum atomic E-state index is 3.99. The van der Waals surface area contributed by atoms with Gasteiger partial charge in [0.2, 0.25) is 0 Å². The van der Waals surface area contributed by atoms with Gasteiger partial charge < -0.3 is 10.3 Å². The summed E-state index contributed by atoms with van der Waals surface area (Å²) in [5.41, 5.74) is 2.41. The van der Waals surface area contributed by atoms with Crippen molar-refractivity contribution in [2.45, 2.75) is 19.5 Å². The van der Waals surface area contributed by atoms with Crippen LogP contribution in [0.4, 0.5) is 0 Å². The maximum absolute atomic E-state index is 3.99. The molecule has 0 aliphatic carbocycles. The molecule has 3 nitrogen and oxygen atoms in total. The van der Waals surface area contributed by atoms with Crippen molar-refractivity contribution in [1.82, 2.24) is 15.3 Å². The summed E-state index contributed by atoms with van der Waals surface area (Å²) in [6.45, 7) is 2.98. The lowest BCUT2D eigenvalue weighted by Crippen LogP contribution is -2.18. The van der Waals surface area contributed by atoms with Crippen LogP contribution in [0.5, 0.6) is 0 Å². The normalized spacial score (nSPS) is 12.6. The highest BCUT2D eigenvalue weighted by Gasteiger charge is 2.04. The molecule has 2 aromatic rings. The SMILES string of the molecule is CC(NCc1cnc[nH]1)c1ccc(I)cc1. The number of hydrogen-bond acceptors (Lipinski definition) is 2. The van der Waals surface area contributed by atoms with Gasteiger partial charge in [-0.1, -0.05) is 12.1 Å². The predicted octanol–water partition coefficient (Wildman–Crippen LogP) is 2.87. The van der Waals surface area contributed by atoms with Gasteiger partial charge in [0, 0.05) is 28.0 Å². The number of aromatic nitrogens is 2. The molecule has 1 aromatic heterocycles. The molecule has 2 N–H and O–H groups in total. The molecule has 1 heterocycles. The molecule has 4 heteroatoms. The minimum Gasteiger partial charge on any atom is -0.347 e. The first-order valence-electron chi connectivity index (χ1n) is 5.22. The third kappa shape index (κ3) is 3.05. The molecule has 0 bridgehead atoms. The van der Waals surface area contributed by atoms with Gasteiger partial charge in [0.1, 0.15) is 0 Å². The monoisotopic (exact) mass is 327 g/mol. The lowest BCUT2D eigenvalue weighted by molar-refractivity contribution is 0.569. The van der Waals surface area contributed by atoms with Crippen LogP contribution in [-0.2, 0) is 6.54 Å². The summed E-state index contributed by atoms with van der Waals surface area (Å²) < 4.78 is 1.27. The number of H-pyrrole nitrogens is 1. The van der Waals surface area contributed by atoms with Crippen LogP contribution in [0, 0.1) is 3.57 Å². The van der Waals surface area contributed by atoms with Gasteiger partial charge in [-0.25, -0.2) is 4.98 Å². The maximum Gasteiger partial charge on any atom is 0.0922 e. The van der Waals surface area contributed by atoms with E-state index in [1.54, 1.807) is 6.33 Å². The zero-order valence-corrected chi connectivity index (χ0v) is 11.2. The minimum absolute atomic E-state index is 0.348. The third-order valence-electron chi connectivity index (χ3n) is 2.52. The first kappa shape index (κ1) is 11.6. The van der Waals surface area contributed by atoms with E-state index in [1.807, 2.05) is 6.20 Å². The topological polar surface area (TPSA) is 40.7 Å². The van der Waals surface area contributed by atoms with Crippen LogP contribution in [0.1, 0.15) is 24.2 Å². The van der Waals surface area contributed by atoms with E-state index in [9.17, 15) is 0 Å². The Morgan fingerprint density at radius 1 is 1.38 bits per heavy atom. The Bertz CT molecular complexity index is 422. The Labute approximate surface area is 109 Å². The van der Waals surface area contributed by atoms with E-state index in [0.29, 0.717) is 6.04 Å². The van der Waals surface area contributed by atoms with Gasteiger partial charge >= 0.3 is 0 Å². The van der Waals surface area contributed by atoms with Gasteiger partial charge in [-0.3, -0.25) is 0 Å². The van der Waals surface area contributed by atoms with Crippen LogP contribution < -0.4 is 5.32 Å². The second kappa shape index (κ2) is 5.45. The molecule has 84 valence electrons. The molecular formula is C12H14IN3. The van der Waals surface area contributed by atoms with Crippen molar-refractivity contribution in [2.75, 3.05) is 0 Å². The highest BCUT2D eigenvalue weighted by atomic mass is 127. The standard InChI is InChI=1S/C12H14IN3/c1-9(10-2-4-11(13)5-3-10)15-7-12-6-14-8-16-12/h2-6,8-9,15H,7H2,1H3,(H,14,16). The summed E-state index contributed by atoms with van der Waals surface area (Å²) in [6.07, 6.45) is 3.54. The van der Waals surface area contributed by atoms with Crippen LogP contribution >= 0.6 is 22.6 Å². The average Bonchev–Trinajstić information content (AvgIpc) is 2.80. The minimum atomic E-state index is 0.348. The Kier molecular flexibility index (Phi) is 3.95. The van der Waals surface area contributed by atoms with Crippen LogP contribution in [0.25, 0.3) is 0 Å². The molecule has 2 rings (SSSR count). The molecule has 1 aromatic carbocycles. The molecule has 0 aliphatic heterocycles. The number of benzene rings is 1. The second-order valence-corrected chi connectivity index (χ2v) is 4.98. The second-order valence-electron chi connectivity index (χ2n) is 3.73. The fraction of sp³-hybridized carbons (Fsp3) is 0.250. The number of imidazole rings is 1. The first-order chi connectivity index (χ1) is 7.75. The predicted molar refractivity (Wildman–Crippen MR) is 73.0 cm³/mol. The number of hydrogen-bond donors (Lipinski definition) is 2. The number of halogens is 1.